The van der Waals surface area contributed by atoms with E-state index in [0.717, 1.165) is 5.56 Å². The SMILES string of the molecule is N#C[C@H](CCO)c1ccc(CN2CCC[C@H](c3ccccc3)S2(=O)=O)c(F)c1. The second kappa shape index (κ2) is 8.82. The van der Waals surface area contributed by atoms with Crippen molar-refractivity contribution in [2.45, 2.75) is 37.0 Å². The van der Waals surface area contributed by atoms with Gasteiger partial charge in [0.15, 0.2) is 0 Å². The maximum atomic E-state index is 14.6. The van der Waals surface area contributed by atoms with Crippen LogP contribution < -0.4 is 0 Å². The third-order valence-corrected chi connectivity index (χ3v) is 7.42. The molecular weight excluding hydrogens is 379 g/mol. The molecule has 0 spiro atoms. The summed E-state index contributed by atoms with van der Waals surface area (Å²) in [7, 11) is -3.59. The van der Waals surface area contributed by atoms with Gasteiger partial charge in [-0.2, -0.15) is 9.57 Å². The molecule has 5 nitrogen and oxygen atoms in total. The van der Waals surface area contributed by atoms with Crippen LogP contribution in [0.5, 0.6) is 0 Å². The van der Waals surface area contributed by atoms with E-state index in [0.29, 0.717) is 24.9 Å². The van der Waals surface area contributed by atoms with Crippen molar-refractivity contribution >= 4 is 10.0 Å². The lowest BCUT2D eigenvalue weighted by Gasteiger charge is -2.32. The van der Waals surface area contributed by atoms with Gasteiger partial charge >= 0.3 is 0 Å². The molecule has 1 saturated heterocycles. The van der Waals surface area contributed by atoms with Crippen molar-refractivity contribution in [2.24, 2.45) is 0 Å². The number of benzene rings is 2. The van der Waals surface area contributed by atoms with E-state index in [1.807, 2.05) is 30.3 Å². The molecule has 7 heteroatoms. The van der Waals surface area contributed by atoms with Gasteiger partial charge < -0.3 is 5.11 Å². The predicted molar refractivity (Wildman–Crippen MR) is 104 cm³/mol. The van der Waals surface area contributed by atoms with E-state index < -0.39 is 27.0 Å². The van der Waals surface area contributed by atoms with E-state index in [-0.39, 0.29) is 25.1 Å². The first-order valence-corrected chi connectivity index (χ1v) is 10.8. The van der Waals surface area contributed by atoms with Gasteiger partial charge in [-0.15, -0.1) is 0 Å². The van der Waals surface area contributed by atoms with Crippen LogP contribution in [0.1, 0.15) is 47.1 Å². The van der Waals surface area contributed by atoms with Crippen LogP contribution in [0.15, 0.2) is 48.5 Å². The number of hydrogen-bond acceptors (Lipinski definition) is 4. The van der Waals surface area contributed by atoms with Crippen molar-refractivity contribution in [1.82, 2.24) is 4.31 Å². The molecule has 2 aromatic carbocycles. The highest BCUT2D eigenvalue weighted by Crippen LogP contribution is 2.35. The number of aliphatic hydroxyl groups is 1. The second-order valence-electron chi connectivity index (χ2n) is 6.96. The van der Waals surface area contributed by atoms with E-state index in [1.165, 1.54) is 16.4 Å². The molecular formula is C21H23FN2O3S. The van der Waals surface area contributed by atoms with Crippen LogP contribution in [-0.2, 0) is 16.6 Å². The van der Waals surface area contributed by atoms with Gasteiger partial charge in [-0.05, 0) is 36.5 Å². The Kier molecular flexibility index (Phi) is 6.45. The molecule has 2 atom stereocenters. The molecule has 2 aromatic rings. The van der Waals surface area contributed by atoms with Crippen molar-refractivity contribution in [1.29, 1.82) is 5.26 Å². The van der Waals surface area contributed by atoms with Crippen LogP contribution in [0.4, 0.5) is 4.39 Å². The Labute approximate surface area is 165 Å². The molecule has 28 heavy (non-hydrogen) atoms. The first-order valence-electron chi connectivity index (χ1n) is 9.30. The van der Waals surface area contributed by atoms with Gasteiger partial charge in [-0.3, -0.25) is 0 Å². The summed E-state index contributed by atoms with van der Waals surface area (Å²) in [5, 5.41) is 17.6. The minimum Gasteiger partial charge on any atom is -0.396 e. The highest BCUT2D eigenvalue weighted by molar-refractivity contribution is 7.89. The molecule has 0 bridgehead atoms. The maximum absolute atomic E-state index is 14.6. The van der Waals surface area contributed by atoms with Crippen molar-refractivity contribution in [3.05, 3.63) is 71.0 Å². The monoisotopic (exact) mass is 402 g/mol. The highest BCUT2D eigenvalue weighted by Gasteiger charge is 2.37. The number of nitrogens with zero attached hydrogens (tertiary/aromatic N) is 2. The summed E-state index contributed by atoms with van der Waals surface area (Å²) in [6.45, 7) is 0.168. The molecule has 0 aromatic heterocycles. The smallest absolute Gasteiger partial charge is 0.221 e. The minimum absolute atomic E-state index is 0.0327. The van der Waals surface area contributed by atoms with Crippen LogP contribution in [0.25, 0.3) is 0 Å². The number of sulfonamides is 1. The van der Waals surface area contributed by atoms with E-state index in [1.54, 1.807) is 6.07 Å². The first-order chi connectivity index (χ1) is 13.5. The van der Waals surface area contributed by atoms with Crippen LogP contribution in [-0.4, -0.2) is 31.0 Å². The zero-order valence-electron chi connectivity index (χ0n) is 15.5. The summed E-state index contributed by atoms with van der Waals surface area (Å²) in [5.41, 5.74) is 1.52. The second-order valence-corrected chi connectivity index (χ2v) is 9.08. The summed E-state index contributed by atoms with van der Waals surface area (Å²) in [6, 6.07) is 15.6. The highest BCUT2D eigenvalue weighted by atomic mass is 32.2. The summed E-state index contributed by atoms with van der Waals surface area (Å²) in [5.74, 6) is -1.12. The van der Waals surface area contributed by atoms with Crippen molar-refractivity contribution in [3.63, 3.8) is 0 Å². The lowest BCUT2D eigenvalue weighted by Crippen LogP contribution is -2.39. The van der Waals surface area contributed by atoms with Gasteiger partial charge in [0.2, 0.25) is 10.0 Å². The fourth-order valence-electron chi connectivity index (χ4n) is 3.62. The van der Waals surface area contributed by atoms with E-state index in [2.05, 4.69) is 6.07 Å². The van der Waals surface area contributed by atoms with Gasteiger partial charge in [-0.1, -0.05) is 42.5 Å². The molecule has 1 fully saturated rings. The Bertz CT molecular complexity index is 957. The number of halogens is 1. The van der Waals surface area contributed by atoms with Crippen molar-refractivity contribution in [2.75, 3.05) is 13.2 Å². The lowest BCUT2D eigenvalue weighted by molar-refractivity contribution is 0.283. The Morgan fingerprint density at radius 2 is 2.00 bits per heavy atom. The number of nitriles is 1. The molecule has 3 rings (SSSR count). The number of rotatable bonds is 6. The Morgan fingerprint density at radius 3 is 2.64 bits per heavy atom. The summed E-state index contributed by atoms with van der Waals surface area (Å²) < 4.78 is 42.1. The summed E-state index contributed by atoms with van der Waals surface area (Å²) in [4.78, 5) is 0. The Hall–Kier alpha value is -2.27. The first kappa shape index (κ1) is 20.5. The van der Waals surface area contributed by atoms with Crippen LogP contribution >= 0.6 is 0 Å². The number of hydrogen-bond donors (Lipinski definition) is 1. The fraction of sp³-hybridized carbons (Fsp3) is 0.381. The van der Waals surface area contributed by atoms with Crippen LogP contribution in [0, 0.1) is 17.1 Å². The predicted octanol–water partition coefficient (Wildman–Crippen LogP) is 3.48. The standard InChI is InChI=1S/C21H23FN2O3S/c22-20-13-17(18(14-23)10-12-25)8-9-19(20)15-24-11-4-7-21(28(24,26)27)16-5-2-1-3-6-16/h1-3,5-6,8-9,13,18,21,25H,4,7,10-12,15H2/t18-,21+/m0/s1. The van der Waals surface area contributed by atoms with Gasteiger partial charge in [0.05, 0.1) is 12.0 Å². The molecule has 148 valence electrons. The molecule has 1 heterocycles. The van der Waals surface area contributed by atoms with Gasteiger partial charge in [-0.25, -0.2) is 12.8 Å². The normalized spacial score (nSPS) is 20.4. The largest absolute Gasteiger partial charge is 0.396 e. The molecule has 0 amide bonds. The quantitative estimate of drug-likeness (QED) is 0.802. The van der Waals surface area contributed by atoms with Crippen molar-refractivity contribution in [3.8, 4) is 6.07 Å². The molecule has 1 N–H and O–H groups in total. The topological polar surface area (TPSA) is 81.4 Å². The zero-order chi connectivity index (χ0) is 20.1. The summed E-state index contributed by atoms with van der Waals surface area (Å²) >= 11 is 0. The minimum atomic E-state index is -3.59. The van der Waals surface area contributed by atoms with Gasteiger partial charge in [0.1, 0.15) is 11.1 Å². The fourth-order valence-corrected chi connectivity index (χ4v) is 5.65. The van der Waals surface area contributed by atoms with E-state index in [4.69, 9.17) is 10.4 Å². The Balaban J connectivity index is 1.82. The van der Waals surface area contributed by atoms with Crippen LogP contribution in [0.2, 0.25) is 0 Å². The average molecular weight is 402 g/mol. The molecule has 0 unspecified atom stereocenters. The third kappa shape index (κ3) is 4.25. The lowest BCUT2D eigenvalue weighted by atomic mass is 9.96. The van der Waals surface area contributed by atoms with Gasteiger partial charge in [0, 0.05) is 25.3 Å². The molecule has 1 aliphatic heterocycles. The summed E-state index contributed by atoms with van der Waals surface area (Å²) in [6.07, 6.45) is 1.50. The van der Waals surface area contributed by atoms with Crippen molar-refractivity contribution < 1.29 is 17.9 Å². The third-order valence-electron chi connectivity index (χ3n) is 5.16. The molecule has 0 radical (unpaired) electrons. The maximum Gasteiger partial charge on any atom is 0.221 e. The Morgan fingerprint density at radius 1 is 1.25 bits per heavy atom. The molecule has 0 saturated carbocycles. The molecule has 1 aliphatic rings. The number of aliphatic hydroxyl groups excluding tert-OH is 1. The van der Waals surface area contributed by atoms with E-state index in [9.17, 15) is 12.8 Å². The van der Waals surface area contributed by atoms with E-state index >= 15 is 0 Å². The zero-order valence-corrected chi connectivity index (χ0v) is 16.3. The van der Waals surface area contributed by atoms with Crippen LogP contribution in [0.3, 0.4) is 0 Å². The van der Waals surface area contributed by atoms with Gasteiger partial charge in [0.25, 0.3) is 0 Å². The molecule has 0 aliphatic carbocycles. The average Bonchev–Trinajstić information content (AvgIpc) is 2.69.